The summed E-state index contributed by atoms with van der Waals surface area (Å²) in [6, 6.07) is 0. The average Bonchev–Trinajstić information content (AvgIpc) is 2.52. The van der Waals surface area contributed by atoms with E-state index in [-0.39, 0.29) is 10.7 Å². The van der Waals surface area contributed by atoms with Crippen LogP contribution in [0.4, 0.5) is 0 Å². The molecule has 5 nitrogen and oxygen atoms in total. The highest BCUT2D eigenvalue weighted by molar-refractivity contribution is 7.89. The Morgan fingerprint density at radius 2 is 2.29 bits per heavy atom. The van der Waals surface area contributed by atoms with Crippen LogP contribution in [0, 0.1) is 0 Å². The van der Waals surface area contributed by atoms with Crippen molar-refractivity contribution in [3.8, 4) is 0 Å². The molecule has 14 heavy (non-hydrogen) atoms. The lowest BCUT2D eigenvalue weighted by Crippen LogP contribution is -2.50. The lowest BCUT2D eigenvalue weighted by Gasteiger charge is -2.38. The second-order valence-corrected chi connectivity index (χ2v) is 5.51. The first-order valence-corrected chi connectivity index (χ1v) is 6.04. The van der Waals surface area contributed by atoms with E-state index in [4.69, 9.17) is 0 Å². The summed E-state index contributed by atoms with van der Waals surface area (Å²) in [7, 11) is -3.45. The number of aromatic nitrogens is 2. The van der Waals surface area contributed by atoms with E-state index < -0.39 is 10.0 Å². The monoisotopic (exact) mass is 215 g/mol. The fourth-order valence-electron chi connectivity index (χ4n) is 1.58. The summed E-state index contributed by atoms with van der Waals surface area (Å²) in [6.07, 6.45) is 5.80. The van der Waals surface area contributed by atoms with Crippen molar-refractivity contribution in [2.75, 3.05) is 0 Å². The summed E-state index contributed by atoms with van der Waals surface area (Å²) >= 11 is 0. The highest BCUT2D eigenvalue weighted by Crippen LogP contribution is 2.32. The number of aromatic amines is 1. The Balaban J connectivity index is 2.18. The topological polar surface area (TPSA) is 74.8 Å². The van der Waals surface area contributed by atoms with Gasteiger partial charge in [-0.25, -0.2) is 18.1 Å². The summed E-state index contributed by atoms with van der Waals surface area (Å²) in [5.74, 6) is 0. The second kappa shape index (κ2) is 3.06. The molecule has 0 amide bonds. The molecule has 1 saturated carbocycles. The van der Waals surface area contributed by atoms with Crippen molar-refractivity contribution in [2.24, 2.45) is 0 Å². The number of sulfonamides is 1. The third-order valence-electron chi connectivity index (χ3n) is 2.57. The molecule has 2 N–H and O–H groups in total. The van der Waals surface area contributed by atoms with E-state index in [0.29, 0.717) is 0 Å². The molecular formula is C8H13N3O2S. The van der Waals surface area contributed by atoms with Crippen LogP contribution in [0.1, 0.15) is 26.2 Å². The van der Waals surface area contributed by atoms with Crippen LogP contribution in [0.2, 0.25) is 0 Å². The molecule has 1 fully saturated rings. The van der Waals surface area contributed by atoms with E-state index in [1.54, 1.807) is 0 Å². The maximum absolute atomic E-state index is 11.7. The van der Waals surface area contributed by atoms with Gasteiger partial charge in [0.15, 0.2) is 0 Å². The highest BCUT2D eigenvalue weighted by atomic mass is 32.2. The minimum Gasteiger partial charge on any atom is -0.334 e. The van der Waals surface area contributed by atoms with Crippen LogP contribution in [-0.4, -0.2) is 23.9 Å². The zero-order valence-corrected chi connectivity index (χ0v) is 8.76. The number of H-pyrrole nitrogens is 1. The van der Waals surface area contributed by atoms with Gasteiger partial charge in [-0.1, -0.05) is 0 Å². The lowest BCUT2D eigenvalue weighted by molar-refractivity contribution is 0.247. The van der Waals surface area contributed by atoms with Crippen LogP contribution in [0.5, 0.6) is 0 Å². The van der Waals surface area contributed by atoms with Crippen molar-refractivity contribution >= 4 is 10.0 Å². The molecule has 0 spiro atoms. The molecule has 6 heteroatoms. The average molecular weight is 215 g/mol. The van der Waals surface area contributed by atoms with Gasteiger partial charge in [0.05, 0.1) is 0 Å². The Morgan fingerprint density at radius 1 is 1.57 bits per heavy atom. The predicted octanol–water partition coefficient (Wildman–Crippen LogP) is 0.631. The molecule has 1 aromatic rings. The molecule has 2 rings (SSSR count). The smallest absolute Gasteiger partial charge is 0.274 e. The van der Waals surface area contributed by atoms with Crippen molar-refractivity contribution in [2.45, 2.75) is 36.9 Å². The van der Waals surface area contributed by atoms with E-state index in [1.807, 2.05) is 6.92 Å². The second-order valence-electron chi connectivity index (χ2n) is 3.91. The minimum absolute atomic E-state index is 0.00868. The van der Waals surface area contributed by atoms with E-state index in [9.17, 15) is 8.42 Å². The van der Waals surface area contributed by atoms with Crippen LogP contribution >= 0.6 is 0 Å². The molecule has 1 aliphatic carbocycles. The number of imidazole rings is 1. The molecule has 0 saturated heterocycles. The van der Waals surface area contributed by atoms with Crippen LogP contribution in [0.3, 0.4) is 0 Å². The Hall–Kier alpha value is -0.880. The SMILES string of the molecule is CC1(NS(=O)(=O)c2ncc[nH]2)CCC1. The first-order chi connectivity index (χ1) is 6.52. The van der Waals surface area contributed by atoms with E-state index in [2.05, 4.69) is 14.7 Å². The lowest BCUT2D eigenvalue weighted by atomic mass is 9.80. The van der Waals surface area contributed by atoms with Crippen molar-refractivity contribution < 1.29 is 8.42 Å². The van der Waals surface area contributed by atoms with Gasteiger partial charge in [-0.3, -0.25) is 0 Å². The largest absolute Gasteiger partial charge is 0.334 e. The molecule has 78 valence electrons. The number of hydrogen-bond acceptors (Lipinski definition) is 3. The summed E-state index contributed by atoms with van der Waals surface area (Å²) in [5.41, 5.74) is -0.272. The Labute approximate surface area is 83.0 Å². The summed E-state index contributed by atoms with van der Waals surface area (Å²) in [6.45, 7) is 1.91. The van der Waals surface area contributed by atoms with Crippen molar-refractivity contribution in [1.82, 2.24) is 14.7 Å². The van der Waals surface area contributed by atoms with Crippen LogP contribution < -0.4 is 4.72 Å². The quantitative estimate of drug-likeness (QED) is 0.776. The van der Waals surface area contributed by atoms with E-state index >= 15 is 0 Å². The molecular weight excluding hydrogens is 202 g/mol. The van der Waals surface area contributed by atoms with E-state index in [1.165, 1.54) is 12.4 Å². The molecule has 1 aliphatic rings. The molecule has 1 aromatic heterocycles. The van der Waals surface area contributed by atoms with Gasteiger partial charge in [-0.05, 0) is 26.2 Å². The van der Waals surface area contributed by atoms with Gasteiger partial charge in [0.1, 0.15) is 0 Å². The molecule has 0 bridgehead atoms. The Bertz CT molecular complexity index is 406. The number of nitrogens with zero attached hydrogens (tertiary/aromatic N) is 1. The van der Waals surface area contributed by atoms with Crippen LogP contribution in [-0.2, 0) is 10.0 Å². The number of hydrogen-bond donors (Lipinski definition) is 2. The van der Waals surface area contributed by atoms with Crippen molar-refractivity contribution in [1.29, 1.82) is 0 Å². The van der Waals surface area contributed by atoms with Crippen LogP contribution in [0.15, 0.2) is 17.6 Å². The van der Waals surface area contributed by atoms with Crippen molar-refractivity contribution in [3.05, 3.63) is 12.4 Å². The van der Waals surface area contributed by atoms with Gasteiger partial charge in [0, 0.05) is 17.9 Å². The molecule has 0 aliphatic heterocycles. The summed E-state index contributed by atoms with van der Waals surface area (Å²) < 4.78 is 26.0. The van der Waals surface area contributed by atoms with Crippen molar-refractivity contribution in [3.63, 3.8) is 0 Å². The molecule has 0 atom stereocenters. The zero-order valence-electron chi connectivity index (χ0n) is 7.95. The summed E-state index contributed by atoms with van der Waals surface area (Å²) in [4.78, 5) is 6.31. The van der Waals surface area contributed by atoms with Gasteiger partial charge in [-0.15, -0.1) is 0 Å². The fourth-order valence-corrected chi connectivity index (χ4v) is 2.95. The first-order valence-electron chi connectivity index (χ1n) is 4.55. The predicted molar refractivity (Wildman–Crippen MR) is 51.2 cm³/mol. The van der Waals surface area contributed by atoms with Crippen LogP contribution in [0.25, 0.3) is 0 Å². The van der Waals surface area contributed by atoms with Gasteiger partial charge in [0.2, 0.25) is 5.16 Å². The third-order valence-corrected chi connectivity index (χ3v) is 4.06. The normalized spacial score (nSPS) is 20.4. The first kappa shape index (κ1) is 9.67. The highest BCUT2D eigenvalue weighted by Gasteiger charge is 2.36. The minimum atomic E-state index is -3.45. The zero-order chi connectivity index (χ0) is 10.2. The summed E-state index contributed by atoms with van der Waals surface area (Å²) in [5, 5.41) is -0.00868. The van der Waals surface area contributed by atoms with Gasteiger partial charge < -0.3 is 4.98 Å². The third kappa shape index (κ3) is 1.67. The number of rotatable bonds is 3. The van der Waals surface area contributed by atoms with Gasteiger partial charge >= 0.3 is 0 Å². The standard InChI is InChI=1S/C8H13N3O2S/c1-8(3-2-4-8)11-14(12,13)7-9-5-6-10-7/h5-6,11H,2-4H2,1H3,(H,9,10). The molecule has 1 heterocycles. The maximum Gasteiger partial charge on any atom is 0.274 e. The number of nitrogens with one attached hydrogen (secondary N) is 2. The molecule has 0 aromatic carbocycles. The Morgan fingerprint density at radius 3 is 2.71 bits per heavy atom. The Kier molecular flexibility index (Phi) is 2.11. The maximum atomic E-state index is 11.7. The van der Waals surface area contributed by atoms with E-state index in [0.717, 1.165) is 19.3 Å². The molecule has 0 radical (unpaired) electrons. The fraction of sp³-hybridized carbons (Fsp3) is 0.625. The van der Waals surface area contributed by atoms with Gasteiger partial charge in [-0.2, -0.15) is 0 Å². The van der Waals surface area contributed by atoms with Gasteiger partial charge in [0.25, 0.3) is 10.0 Å². The molecule has 0 unspecified atom stereocenters.